The Balaban J connectivity index is 1.97. The maximum Gasteiger partial charge on any atom is 0.270 e. The van der Waals surface area contributed by atoms with Crippen LogP contribution in [0.5, 0.6) is 0 Å². The van der Waals surface area contributed by atoms with Gasteiger partial charge in [0, 0.05) is 26.2 Å². The maximum absolute atomic E-state index is 12.8. The number of fused-ring (bicyclic) bond motifs is 1. The average molecular weight is 414 g/mol. The highest BCUT2D eigenvalue weighted by Crippen LogP contribution is 2.25. The largest absolute Gasteiger partial charge is 0.429 e. The molecule has 0 unspecified atom stereocenters. The number of aliphatic hydroxyl groups excluding tert-OH is 1. The molecule has 7 nitrogen and oxygen atoms in total. The van der Waals surface area contributed by atoms with Gasteiger partial charge in [0.05, 0.1) is 17.1 Å². The number of likely N-dealkylation sites (tertiary alicyclic amines) is 1. The third-order valence-electron chi connectivity index (χ3n) is 5.18. The number of hydrogen-bond donors (Lipinski definition) is 1. The van der Waals surface area contributed by atoms with Crippen LogP contribution in [0.1, 0.15) is 26.7 Å². The molecule has 0 amide bonds. The third kappa shape index (κ3) is 4.12. The maximum atomic E-state index is 12.8. The lowest BCUT2D eigenvalue weighted by molar-refractivity contribution is 0.0981. The van der Waals surface area contributed by atoms with Crippen molar-refractivity contribution in [2.45, 2.75) is 38.3 Å². The van der Waals surface area contributed by atoms with Gasteiger partial charge in [-0.05, 0) is 55.7 Å². The minimum Gasteiger partial charge on any atom is -0.429 e. The summed E-state index contributed by atoms with van der Waals surface area (Å²) in [5, 5.41) is 9.44. The van der Waals surface area contributed by atoms with Crippen LogP contribution in [-0.2, 0) is 16.7 Å². The van der Waals surface area contributed by atoms with Crippen molar-refractivity contribution in [3.05, 3.63) is 23.0 Å². The number of rotatable bonds is 7. The molecule has 2 heterocycles. The summed E-state index contributed by atoms with van der Waals surface area (Å²) in [6.45, 7) is 6.91. The second kappa shape index (κ2) is 8.40. The second-order valence-electron chi connectivity index (χ2n) is 6.92. The van der Waals surface area contributed by atoms with Crippen LogP contribution in [0.4, 0.5) is 0 Å². The average Bonchev–Trinajstić information content (AvgIpc) is 2.97. The van der Waals surface area contributed by atoms with Gasteiger partial charge in [-0.15, -0.1) is 0 Å². The number of hydrogen-bond acceptors (Lipinski definition) is 6. The van der Waals surface area contributed by atoms with Crippen molar-refractivity contribution in [1.29, 1.82) is 0 Å². The fourth-order valence-corrected chi connectivity index (χ4v) is 5.40. The van der Waals surface area contributed by atoms with E-state index in [0.29, 0.717) is 35.7 Å². The SMILES string of the molecule is CCN(CC)S(=O)(=O)c1ccc2oc(=S)n(CN3CCC[C@@H](CO)C3)c2c1. The molecule has 0 aliphatic carbocycles. The van der Waals surface area contributed by atoms with E-state index < -0.39 is 10.0 Å². The van der Waals surface area contributed by atoms with E-state index in [1.165, 1.54) is 4.31 Å². The summed E-state index contributed by atoms with van der Waals surface area (Å²) in [4.78, 5) is 2.80. The van der Waals surface area contributed by atoms with Crippen LogP contribution in [-0.4, -0.2) is 60.1 Å². The van der Waals surface area contributed by atoms with Crippen molar-refractivity contribution in [2.24, 2.45) is 5.92 Å². The van der Waals surface area contributed by atoms with Crippen molar-refractivity contribution in [2.75, 3.05) is 32.8 Å². The molecule has 1 N–H and O–H groups in total. The minimum atomic E-state index is -3.55. The molecule has 0 saturated carbocycles. The lowest BCUT2D eigenvalue weighted by Crippen LogP contribution is -2.37. The summed E-state index contributed by atoms with van der Waals surface area (Å²) < 4.78 is 34.6. The number of sulfonamides is 1. The van der Waals surface area contributed by atoms with Crippen LogP contribution >= 0.6 is 12.2 Å². The molecule has 1 aromatic heterocycles. The highest BCUT2D eigenvalue weighted by molar-refractivity contribution is 7.89. The predicted octanol–water partition coefficient (Wildman–Crippen LogP) is 2.66. The molecule has 1 saturated heterocycles. The van der Waals surface area contributed by atoms with Gasteiger partial charge < -0.3 is 9.52 Å². The lowest BCUT2D eigenvalue weighted by Gasteiger charge is -2.31. The van der Waals surface area contributed by atoms with E-state index in [4.69, 9.17) is 16.6 Å². The Bertz CT molecular complexity index is 947. The Kier molecular flexibility index (Phi) is 6.37. The van der Waals surface area contributed by atoms with E-state index in [1.54, 1.807) is 18.2 Å². The molecule has 0 spiro atoms. The van der Waals surface area contributed by atoms with Gasteiger partial charge in [0.1, 0.15) is 0 Å². The smallest absolute Gasteiger partial charge is 0.270 e. The molecule has 0 bridgehead atoms. The first-order chi connectivity index (χ1) is 12.9. The van der Waals surface area contributed by atoms with Crippen molar-refractivity contribution < 1.29 is 17.9 Å². The van der Waals surface area contributed by atoms with Gasteiger partial charge in [-0.25, -0.2) is 8.42 Å². The van der Waals surface area contributed by atoms with Gasteiger partial charge in [-0.2, -0.15) is 4.31 Å². The first-order valence-corrected chi connectivity index (χ1v) is 11.2. The number of benzene rings is 1. The highest BCUT2D eigenvalue weighted by atomic mass is 32.2. The number of aliphatic hydroxyl groups is 1. The summed E-state index contributed by atoms with van der Waals surface area (Å²) >= 11 is 5.37. The molecule has 0 radical (unpaired) electrons. The van der Waals surface area contributed by atoms with Gasteiger partial charge >= 0.3 is 0 Å². The number of nitrogens with zero attached hydrogens (tertiary/aromatic N) is 3. The first-order valence-electron chi connectivity index (χ1n) is 9.37. The highest BCUT2D eigenvalue weighted by Gasteiger charge is 2.24. The Hall–Kier alpha value is -1.26. The molecule has 1 aliphatic rings. The zero-order valence-corrected chi connectivity index (χ0v) is 17.4. The van der Waals surface area contributed by atoms with Crippen molar-refractivity contribution in [3.8, 4) is 0 Å². The van der Waals surface area contributed by atoms with E-state index >= 15 is 0 Å². The molecule has 1 aromatic carbocycles. The van der Waals surface area contributed by atoms with Crippen molar-refractivity contribution >= 4 is 33.3 Å². The fraction of sp³-hybridized carbons (Fsp3) is 0.611. The van der Waals surface area contributed by atoms with Gasteiger partial charge in [0.15, 0.2) is 5.58 Å². The molecule has 3 rings (SSSR count). The lowest BCUT2D eigenvalue weighted by atomic mass is 9.99. The summed E-state index contributed by atoms with van der Waals surface area (Å²) in [5.74, 6) is 0.268. The van der Waals surface area contributed by atoms with Crippen LogP contribution < -0.4 is 0 Å². The van der Waals surface area contributed by atoms with Crippen LogP contribution in [0.3, 0.4) is 0 Å². The molecule has 27 heavy (non-hydrogen) atoms. The van der Waals surface area contributed by atoms with E-state index in [0.717, 1.165) is 25.9 Å². The Morgan fingerprint density at radius 1 is 1.33 bits per heavy atom. The van der Waals surface area contributed by atoms with E-state index in [1.807, 2.05) is 18.4 Å². The summed E-state index contributed by atoms with van der Waals surface area (Å²) in [6, 6.07) is 4.89. The zero-order valence-electron chi connectivity index (χ0n) is 15.8. The Labute approximate surface area is 165 Å². The van der Waals surface area contributed by atoms with Crippen molar-refractivity contribution in [3.63, 3.8) is 0 Å². The van der Waals surface area contributed by atoms with Crippen LogP contribution in [0, 0.1) is 10.8 Å². The quantitative estimate of drug-likeness (QED) is 0.703. The molecule has 9 heteroatoms. The van der Waals surface area contributed by atoms with Gasteiger partial charge in [-0.3, -0.25) is 9.47 Å². The van der Waals surface area contributed by atoms with Gasteiger partial charge in [0.25, 0.3) is 4.84 Å². The van der Waals surface area contributed by atoms with Crippen LogP contribution in [0.15, 0.2) is 27.5 Å². The predicted molar refractivity (Wildman–Crippen MR) is 107 cm³/mol. The third-order valence-corrected chi connectivity index (χ3v) is 7.53. The first kappa shape index (κ1) is 20.5. The van der Waals surface area contributed by atoms with Gasteiger partial charge in [-0.1, -0.05) is 13.8 Å². The topological polar surface area (TPSA) is 78.9 Å². The molecule has 2 aromatic rings. The zero-order chi connectivity index (χ0) is 19.6. The second-order valence-corrected chi connectivity index (χ2v) is 9.21. The van der Waals surface area contributed by atoms with Crippen molar-refractivity contribution in [1.82, 2.24) is 13.8 Å². The summed E-state index contributed by atoms with van der Waals surface area (Å²) in [5.41, 5.74) is 1.26. The summed E-state index contributed by atoms with van der Waals surface area (Å²) in [6.07, 6.45) is 2.05. The molecule has 150 valence electrons. The minimum absolute atomic E-state index is 0.181. The fourth-order valence-electron chi connectivity index (χ4n) is 3.68. The Morgan fingerprint density at radius 2 is 2.07 bits per heavy atom. The molecule has 1 atom stereocenters. The number of piperidine rings is 1. The molecular weight excluding hydrogens is 386 g/mol. The molecule has 1 aliphatic heterocycles. The number of oxazole rings is 1. The monoisotopic (exact) mass is 413 g/mol. The van der Waals surface area contributed by atoms with E-state index in [2.05, 4.69) is 4.90 Å². The summed E-state index contributed by atoms with van der Waals surface area (Å²) in [7, 11) is -3.55. The normalized spacial score (nSPS) is 19.2. The number of aromatic nitrogens is 1. The van der Waals surface area contributed by atoms with E-state index in [-0.39, 0.29) is 17.4 Å². The van der Waals surface area contributed by atoms with Gasteiger partial charge in [0.2, 0.25) is 10.0 Å². The molecule has 1 fully saturated rings. The Morgan fingerprint density at radius 3 is 2.74 bits per heavy atom. The standard InChI is InChI=1S/C18H27N3O4S2/c1-3-20(4-2)27(23,24)15-7-8-17-16(10-15)21(18(26)25-17)13-19-9-5-6-14(11-19)12-22/h7-8,10,14,22H,3-6,9,11-13H2,1-2H3/t14-/m1/s1. The molecular formula is C18H27N3O4S2. The van der Waals surface area contributed by atoms with Crippen LogP contribution in [0.25, 0.3) is 11.1 Å². The van der Waals surface area contributed by atoms with E-state index in [9.17, 15) is 13.5 Å². The van der Waals surface area contributed by atoms with Crippen LogP contribution in [0.2, 0.25) is 0 Å².